The predicted octanol–water partition coefficient (Wildman–Crippen LogP) is 1.35. The van der Waals surface area contributed by atoms with Crippen molar-refractivity contribution < 1.29 is 9.53 Å². The van der Waals surface area contributed by atoms with Gasteiger partial charge in [-0.05, 0) is 12.1 Å². The molecule has 0 unspecified atom stereocenters. The number of amides is 1. The highest BCUT2D eigenvalue weighted by molar-refractivity contribution is 5.95. The summed E-state index contributed by atoms with van der Waals surface area (Å²) in [6.45, 7) is 0.673. The molecular formula is C12H12N4O2. The van der Waals surface area contributed by atoms with E-state index in [-0.39, 0.29) is 12.5 Å². The molecule has 3 rings (SSSR count). The smallest absolute Gasteiger partial charge is 0.262 e. The summed E-state index contributed by atoms with van der Waals surface area (Å²) in [5, 5.41) is 5.97. The number of hydrogen-bond acceptors (Lipinski definition) is 4. The van der Waals surface area contributed by atoms with E-state index in [0.717, 1.165) is 11.5 Å². The predicted molar refractivity (Wildman–Crippen MR) is 66.5 cm³/mol. The lowest BCUT2D eigenvalue weighted by Gasteiger charge is -2.18. The zero-order chi connectivity index (χ0) is 12.4. The molecule has 1 aliphatic rings. The van der Waals surface area contributed by atoms with Crippen molar-refractivity contribution in [3.8, 4) is 5.75 Å². The van der Waals surface area contributed by atoms with Crippen LogP contribution in [0.2, 0.25) is 0 Å². The third-order valence-corrected chi connectivity index (χ3v) is 2.63. The molecule has 0 aliphatic carbocycles. The Balaban J connectivity index is 1.72. The first-order valence-electron chi connectivity index (χ1n) is 5.60. The Hall–Kier alpha value is -2.50. The second-order valence-corrected chi connectivity index (χ2v) is 3.94. The highest BCUT2D eigenvalue weighted by Gasteiger charge is 2.15. The molecule has 0 radical (unpaired) electrons. The molecule has 0 saturated heterocycles. The van der Waals surface area contributed by atoms with Gasteiger partial charge in [0, 0.05) is 24.1 Å². The summed E-state index contributed by atoms with van der Waals surface area (Å²) in [7, 11) is 0. The third kappa shape index (κ3) is 2.13. The van der Waals surface area contributed by atoms with Crippen LogP contribution in [0, 0.1) is 0 Å². The molecule has 1 aliphatic heterocycles. The lowest BCUT2D eigenvalue weighted by atomic mass is 10.2. The topological polar surface area (TPSA) is 79.0 Å². The summed E-state index contributed by atoms with van der Waals surface area (Å²) in [6.07, 6.45) is 3.49. The normalized spacial score (nSPS) is 13.4. The van der Waals surface area contributed by atoms with Crippen LogP contribution in [0.5, 0.6) is 5.75 Å². The van der Waals surface area contributed by atoms with Gasteiger partial charge in [0.15, 0.2) is 6.61 Å². The fourth-order valence-electron chi connectivity index (χ4n) is 1.76. The minimum Gasteiger partial charge on any atom is -0.482 e. The molecule has 6 heteroatoms. The second kappa shape index (κ2) is 4.40. The number of ether oxygens (including phenoxy) is 1. The van der Waals surface area contributed by atoms with Gasteiger partial charge in [0.2, 0.25) is 0 Å². The molecule has 0 atom stereocenters. The molecule has 1 aromatic heterocycles. The van der Waals surface area contributed by atoms with Gasteiger partial charge in [0.1, 0.15) is 11.6 Å². The van der Waals surface area contributed by atoms with Gasteiger partial charge in [-0.1, -0.05) is 0 Å². The molecule has 0 saturated carbocycles. The molecule has 0 spiro atoms. The summed E-state index contributed by atoms with van der Waals surface area (Å²) in [5.41, 5.74) is 1.62. The maximum atomic E-state index is 11.1. The molecule has 0 fully saturated rings. The first-order chi connectivity index (χ1) is 8.81. The van der Waals surface area contributed by atoms with Gasteiger partial charge in [-0.25, -0.2) is 4.98 Å². The van der Waals surface area contributed by atoms with Gasteiger partial charge in [0.05, 0.1) is 12.2 Å². The first kappa shape index (κ1) is 10.6. The van der Waals surface area contributed by atoms with E-state index in [0.29, 0.717) is 18.0 Å². The minimum atomic E-state index is -0.126. The van der Waals surface area contributed by atoms with Gasteiger partial charge in [-0.3, -0.25) is 4.79 Å². The molecule has 92 valence electrons. The molecular weight excluding hydrogens is 232 g/mol. The van der Waals surface area contributed by atoms with Gasteiger partial charge < -0.3 is 20.4 Å². The van der Waals surface area contributed by atoms with Crippen LogP contribution in [0.25, 0.3) is 0 Å². The molecule has 2 aromatic rings. The van der Waals surface area contributed by atoms with E-state index >= 15 is 0 Å². The van der Waals surface area contributed by atoms with E-state index in [1.54, 1.807) is 12.4 Å². The van der Waals surface area contributed by atoms with Crippen molar-refractivity contribution in [3.63, 3.8) is 0 Å². The standard InChI is InChI=1S/C12H12N4O2/c17-12-7-18-10-5-8(1-2-9(10)16-12)15-6-11-13-3-4-14-11/h1-5,15H,6-7H2,(H,13,14)(H,16,17). The number of aromatic nitrogens is 2. The van der Waals surface area contributed by atoms with Crippen molar-refractivity contribution in [2.75, 3.05) is 17.2 Å². The van der Waals surface area contributed by atoms with Gasteiger partial charge in [0.25, 0.3) is 5.91 Å². The Bertz CT molecular complexity index is 565. The van der Waals surface area contributed by atoms with E-state index in [2.05, 4.69) is 20.6 Å². The second-order valence-electron chi connectivity index (χ2n) is 3.94. The quantitative estimate of drug-likeness (QED) is 0.761. The summed E-state index contributed by atoms with van der Waals surface area (Å²) >= 11 is 0. The number of nitrogens with one attached hydrogen (secondary N) is 3. The molecule has 2 heterocycles. The van der Waals surface area contributed by atoms with Crippen molar-refractivity contribution in [2.45, 2.75) is 6.54 Å². The van der Waals surface area contributed by atoms with Crippen molar-refractivity contribution in [1.82, 2.24) is 9.97 Å². The van der Waals surface area contributed by atoms with E-state index in [4.69, 9.17) is 4.74 Å². The maximum Gasteiger partial charge on any atom is 0.262 e. The summed E-state index contributed by atoms with van der Waals surface area (Å²) < 4.78 is 5.34. The van der Waals surface area contributed by atoms with Crippen molar-refractivity contribution in [2.24, 2.45) is 0 Å². The number of carbonyl (C=O) groups is 1. The number of aromatic amines is 1. The Morgan fingerprint density at radius 3 is 3.22 bits per heavy atom. The summed E-state index contributed by atoms with van der Waals surface area (Å²) in [5.74, 6) is 1.42. The molecule has 18 heavy (non-hydrogen) atoms. The number of benzene rings is 1. The fraction of sp³-hybridized carbons (Fsp3) is 0.167. The average molecular weight is 244 g/mol. The number of anilines is 2. The van der Waals surface area contributed by atoms with Crippen molar-refractivity contribution in [3.05, 3.63) is 36.4 Å². The third-order valence-electron chi connectivity index (χ3n) is 2.63. The fourth-order valence-corrected chi connectivity index (χ4v) is 1.76. The number of fused-ring (bicyclic) bond motifs is 1. The van der Waals surface area contributed by atoms with E-state index in [9.17, 15) is 4.79 Å². The van der Waals surface area contributed by atoms with E-state index in [1.165, 1.54) is 0 Å². The zero-order valence-electron chi connectivity index (χ0n) is 9.56. The molecule has 1 amide bonds. The number of H-pyrrole nitrogens is 1. The number of imidazole rings is 1. The zero-order valence-corrected chi connectivity index (χ0v) is 9.56. The lowest BCUT2D eigenvalue weighted by molar-refractivity contribution is -0.118. The maximum absolute atomic E-state index is 11.1. The first-order valence-corrected chi connectivity index (χ1v) is 5.60. The molecule has 3 N–H and O–H groups in total. The van der Waals surface area contributed by atoms with E-state index in [1.807, 2.05) is 18.2 Å². The molecule has 0 bridgehead atoms. The molecule has 1 aromatic carbocycles. The van der Waals surface area contributed by atoms with Crippen LogP contribution >= 0.6 is 0 Å². The van der Waals surface area contributed by atoms with Crippen LogP contribution in [-0.2, 0) is 11.3 Å². The minimum absolute atomic E-state index is 0.0641. The van der Waals surface area contributed by atoms with Crippen molar-refractivity contribution >= 4 is 17.3 Å². The van der Waals surface area contributed by atoms with Crippen molar-refractivity contribution in [1.29, 1.82) is 0 Å². The van der Waals surface area contributed by atoms with Crippen LogP contribution in [0.3, 0.4) is 0 Å². The Morgan fingerprint density at radius 2 is 2.39 bits per heavy atom. The van der Waals surface area contributed by atoms with Crippen LogP contribution in [0.15, 0.2) is 30.6 Å². The molecule has 6 nitrogen and oxygen atoms in total. The summed E-state index contributed by atoms with van der Waals surface area (Å²) in [4.78, 5) is 18.3. The van der Waals surface area contributed by atoms with Crippen LogP contribution in [0.4, 0.5) is 11.4 Å². The Morgan fingerprint density at radius 1 is 1.44 bits per heavy atom. The van der Waals surface area contributed by atoms with Gasteiger partial charge >= 0.3 is 0 Å². The van der Waals surface area contributed by atoms with Gasteiger partial charge in [-0.15, -0.1) is 0 Å². The van der Waals surface area contributed by atoms with E-state index < -0.39 is 0 Å². The van der Waals surface area contributed by atoms with Crippen LogP contribution in [-0.4, -0.2) is 22.5 Å². The largest absolute Gasteiger partial charge is 0.482 e. The van der Waals surface area contributed by atoms with Crippen LogP contribution in [0.1, 0.15) is 5.82 Å². The highest BCUT2D eigenvalue weighted by Crippen LogP contribution is 2.30. The summed E-state index contributed by atoms with van der Waals surface area (Å²) in [6, 6.07) is 5.56. The number of carbonyl (C=O) groups excluding carboxylic acids is 1. The Labute approximate surface area is 103 Å². The number of rotatable bonds is 3. The number of hydrogen-bond donors (Lipinski definition) is 3. The Kier molecular flexibility index (Phi) is 2.60. The average Bonchev–Trinajstić information content (AvgIpc) is 2.89. The SMILES string of the molecule is O=C1COc2cc(NCc3ncc[nH]3)ccc2N1. The monoisotopic (exact) mass is 244 g/mol. The number of nitrogens with zero attached hydrogens (tertiary/aromatic N) is 1. The lowest BCUT2D eigenvalue weighted by Crippen LogP contribution is -2.25. The van der Waals surface area contributed by atoms with Crippen LogP contribution < -0.4 is 15.4 Å². The highest BCUT2D eigenvalue weighted by atomic mass is 16.5. The van der Waals surface area contributed by atoms with Gasteiger partial charge in [-0.2, -0.15) is 0 Å².